The molecule has 1 aliphatic heterocycles. The highest BCUT2D eigenvalue weighted by Gasteiger charge is 2.47. The number of urea groups is 1. The number of alkyl halides is 4. The van der Waals surface area contributed by atoms with Gasteiger partial charge in [0.1, 0.15) is 11.6 Å². The number of nitrogens with zero attached hydrogens (tertiary/aromatic N) is 3. The van der Waals surface area contributed by atoms with Gasteiger partial charge < -0.3 is 5.32 Å². The van der Waals surface area contributed by atoms with Crippen LogP contribution in [0.4, 0.5) is 32.6 Å². The Bertz CT molecular complexity index is 1220. The van der Waals surface area contributed by atoms with Crippen LogP contribution in [0.2, 0.25) is 0 Å². The van der Waals surface area contributed by atoms with Crippen LogP contribution in [-0.2, 0) is 12.6 Å². The second-order valence-corrected chi connectivity index (χ2v) is 7.76. The van der Waals surface area contributed by atoms with Crippen molar-refractivity contribution in [2.24, 2.45) is 0 Å². The number of carbonyl (C=O) groups excluding carboxylic acids is 2. The van der Waals surface area contributed by atoms with E-state index in [-0.39, 0.29) is 31.0 Å². The Morgan fingerprint density at radius 1 is 1.03 bits per heavy atom. The lowest BCUT2D eigenvalue weighted by Gasteiger charge is -2.27. The summed E-state index contributed by atoms with van der Waals surface area (Å²) in [7, 11) is 0. The van der Waals surface area contributed by atoms with Gasteiger partial charge >= 0.3 is 12.1 Å². The molecule has 0 saturated carbocycles. The molecule has 0 unspecified atom stereocenters. The minimum atomic E-state index is -3.74. The van der Waals surface area contributed by atoms with E-state index in [2.05, 4.69) is 10.3 Å². The highest BCUT2D eigenvalue weighted by Crippen LogP contribution is 2.36. The maximum Gasteiger partial charge on any atom is 0.356 e. The lowest BCUT2D eigenvalue weighted by molar-refractivity contribution is -0.119. The molecule has 4 rings (SSSR count). The van der Waals surface area contributed by atoms with Gasteiger partial charge in [-0.05, 0) is 29.8 Å². The molecular weight excluding hydrogens is 471 g/mol. The molecule has 1 fully saturated rings. The Morgan fingerprint density at radius 2 is 1.71 bits per heavy atom. The van der Waals surface area contributed by atoms with Crippen molar-refractivity contribution in [1.29, 1.82) is 0 Å². The van der Waals surface area contributed by atoms with Crippen molar-refractivity contribution in [1.82, 2.24) is 15.2 Å². The molecule has 0 bridgehead atoms. The molecule has 1 aliphatic rings. The second kappa shape index (κ2) is 9.69. The van der Waals surface area contributed by atoms with Crippen LogP contribution in [0.3, 0.4) is 0 Å². The fraction of sp³-hybridized carbons (Fsp3) is 0.208. The highest BCUT2D eigenvalue weighted by molar-refractivity contribution is 5.97. The van der Waals surface area contributed by atoms with Gasteiger partial charge in [-0.2, -0.15) is 8.78 Å². The van der Waals surface area contributed by atoms with E-state index in [1.54, 1.807) is 0 Å². The highest BCUT2D eigenvalue weighted by atomic mass is 19.3. The summed E-state index contributed by atoms with van der Waals surface area (Å²) in [6.45, 7) is -0.327. The zero-order valence-electron chi connectivity index (χ0n) is 18.1. The van der Waals surface area contributed by atoms with Crippen LogP contribution in [0.25, 0.3) is 0 Å². The molecule has 35 heavy (non-hydrogen) atoms. The lowest BCUT2D eigenvalue weighted by Crippen LogP contribution is -2.42. The third kappa shape index (κ3) is 5.08. The first-order chi connectivity index (χ1) is 16.7. The molecule has 11 heteroatoms. The van der Waals surface area contributed by atoms with E-state index < -0.39 is 41.4 Å². The monoisotopic (exact) mass is 490 g/mol. The molecule has 0 radical (unpaired) electrons. The van der Waals surface area contributed by atoms with Crippen molar-refractivity contribution in [2.45, 2.75) is 19.0 Å². The van der Waals surface area contributed by atoms with Crippen LogP contribution >= 0.6 is 0 Å². The molecule has 182 valence electrons. The number of amides is 3. The summed E-state index contributed by atoms with van der Waals surface area (Å²) in [5.41, 5.74) is -0.183. The average molecular weight is 490 g/mol. The Hall–Kier alpha value is -4.02. The quantitative estimate of drug-likeness (QED) is 0.371. The van der Waals surface area contributed by atoms with E-state index >= 15 is 8.78 Å². The van der Waals surface area contributed by atoms with Gasteiger partial charge in [0, 0.05) is 42.5 Å². The first-order valence-electron chi connectivity index (χ1n) is 10.5. The van der Waals surface area contributed by atoms with Crippen molar-refractivity contribution in [3.8, 4) is 0 Å². The Kier molecular flexibility index (Phi) is 6.68. The summed E-state index contributed by atoms with van der Waals surface area (Å²) in [5, 5.41) is 2.65. The molecule has 1 N–H and O–H groups in total. The standard InChI is InChI=1S/C24H19F5N4O2/c25-19-7-1-15(2-8-19)14-31-22(34)17-9-10-30-20(13-17)32-11-12-33(23(32)35)24(28,29)18-5-3-16(4-6-18)21(26)27/h1-10,13,21H,11-12,14H2,(H,31,34). The Labute approximate surface area is 197 Å². The van der Waals surface area contributed by atoms with E-state index in [0.29, 0.717) is 10.5 Å². The number of carbonyl (C=O) groups is 2. The number of pyridine rings is 1. The number of hydrogen-bond donors (Lipinski definition) is 1. The van der Waals surface area contributed by atoms with Crippen molar-refractivity contribution >= 4 is 17.8 Å². The molecule has 3 aromatic rings. The van der Waals surface area contributed by atoms with Crippen molar-refractivity contribution in [2.75, 3.05) is 18.0 Å². The second-order valence-electron chi connectivity index (χ2n) is 7.76. The van der Waals surface area contributed by atoms with E-state index in [1.807, 2.05) is 0 Å². The van der Waals surface area contributed by atoms with Crippen LogP contribution < -0.4 is 10.2 Å². The fourth-order valence-electron chi connectivity index (χ4n) is 3.59. The molecule has 2 aromatic carbocycles. The summed E-state index contributed by atoms with van der Waals surface area (Å²) in [6.07, 6.45) is -1.52. The smallest absolute Gasteiger partial charge is 0.348 e. The molecule has 3 amide bonds. The van der Waals surface area contributed by atoms with Crippen molar-refractivity contribution in [3.05, 3.63) is 94.9 Å². The van der Waals surface area contributed by atoms with E-state index in [4.69, 9.17) is 0 Å². The van der Waals surface area contributed by atoms with Crippen LogP contribution in [0.1, 0.15) is 33.5 Å². The zero-order valence-corrected chi connectivity index (χ0v) is 18.1. The molecule has 0 aliphatic carbocycles. The maximum atomic E-state index is 15.0. The van der Waals surface area contributed by atoms with Crippen molar-refractivity contribution < 1.29 is 31.5 Å². The number of halogens is 5. The first kappa shape index (κ1) is 24.1. The number of aromatic nitrogens is 1. The van der Waals surface area contributed by atoms with E-state index in [1.165, 1.54) is 42.6 Å². The van der Waals surface area contributed by atoms with Crippen LogP contribution in [0.15, 0.2) is 66.9 Å². The maximum absolute atomic E-state index is 15.0. The van der Waals surface area contributed by atoms with Gasteiger partial charge in [-0.15, -0.1) is 0 Å². The lowest BCUT2D eigenvalue weighted by atomic mass is 10.1. The Morgan fingerprint density at radius 3 is 2.37 bits per heavy atom. The third-order valence-corrected chi connectivity index (χ3v) is 5.51. The number of hydrogen-bond acceptors (Lipinski definition) is 3. The number of anilines is 1. The number of rotatable bonds is 7. The predicted molar refractivity (Wildman–Crippen MR) is 117 cm³/mol. The molecule has 1 aromatic heterocycles. The summed E-state index contributed by atoms with van der Waals surface area (Å²) in [6, 6.07) is 7.00. The van der Waals surface area contributed by atoms with Gasteiger partial charge in [0.05, 0.1) is 0 Å². The molecule has 2 heterocycles. The van der Waals surface area contributed by atoms with Gasteiger partial charge in [0.15, 0.2) is 0 Å². The number of benzene rings is 2. The normalized spacial score (nSPS) is 14.1. The molecule has 1 saturated heterocycles. The van der Waals surface area contributed by atoms with Crippen LogP contribution in [0.5, 0.6) is 0 Å². The van der Waals surface area contributed by atoms with Crippen molar-refractivity contribution in [3.63, 3.8) is 0 Å². The minimum absolute atomic E-state index is 0.00998. The zero-order chi connectivity index (χ0) is 25.2. The average Bonchev–Trinajstić information content (AvgIpc) is 3.25. The third-order valence-electron chi connectivity index (χ3n) is 5.51. The first-order valence-corrected chi connectivity index (χ1v) is 10.5. The van der Waals surface area contributed by atoms with Gasteiger partial charge in [0.2, 0.25) is 0 Å². The van der Waals surface area contributed by atoms with Gasteiger partial charge in [-0.25, -0.2) is 22.9 Å². The van der Waals surface area contributed by atoms with Crippen LogP contribution in [-0.4, -0.2) is 34.9 Å². The molecule has 6 nitrogen and oxygen atoms in total. The van der Waals surface area contributed by atoms with Gasteiger partial charge in [0.25, 0.3) is 12.3 Å². The SMILES string of the molecule is O=C(NCc1ccc(F)cc1)c1ccnc(N2CCN(C(F)(F)c3ccc(C(F)F)cc3)C2=O)c1. The van der Waals surface area contributed by atoms with E-state index in [9.17, 15) is 22.8 Å². The van der Waals surface area contributed by atoms with Gasteiger partial charge in [-0.3, -0.25) is 14.6 Å². The summed E-state index contributed by atoms with van der Waals surface area (Å²) in [5.74, 6) is -0.888. The minimum Gasteiger partial charge on any atom is -0.348 e. The van der Waals surface area contributed by atoms with Crippen LogP contribution in [0, 0.1) is 5.82 Å². The summed E-state index contributed by atoms with van der Waals surface area (Å²) < 4.78 is 68.5. The van der Waals surface area contributed by atoms with E-state index in [0.717, 1.165) is 29.2 Å². The topological polar surface area (TPSA) is 65.5 Å². The molecule has 0 spiro atoms. The number of nitrogens with one attached hydrogen (secondary N) is 1. The fourth-order valence-corrected chi connectivity index (χ4v) is 3.59. The molecule has 0 atom stereocenters. The predicted octanol–water partition coefficient (Wildman–Crippen LogP) is 5.08. The summed E-state index contributed by atoms with van der Waals surface area (Å²) in [4.78, 5) is 30.7. The largest absolute Gasteiger partial charge is 0.356 e. The summed E-state index contributed by atoms with van der Waals surface area (Å²) >= 11 is 0. The Balaban J connectivity index is 1.46. The molecular formula is C24H19F5N4O2. The van der Waals surface area contributed by atoms with Gasteiger partial charge in [-0.1, -0.05) is 36.4 Å².